The summed E-state index contributed by atoms with van der Waals surface area (Å²) in [4.78, 5) is 47.7. The topological polar surface area (TPSA) is 123 Å². The molecule has 8 atom stereocenters. The van der Waals surface area contributed by atoms with Crippen molar-refractivity contribution >= 4 is 44.1 Å². The molecule has 0 saturated heterocycles. The van der Waals surface area contributed by atoms with Crippen LogP contribution in [0.2, 0.25) is 0 Å². The number of rotatable bonds is 0. The summed E-state index contributed by atoms with van der Waals surface area (Å²) >= 11 is 1.06. The van der Waals surface area contributed by atoms with Crippen LogP contribution < -0.4 is 9.97 Å². The number of aryl methyl sites for hydroxylation is 2. The molecular formula is C72H80N8OV. The SMILES string of the molecule is CC1CCc2c(c3c(c4c2-c2nc-4nc4[n-]c(nc5nc(nc6[n-]c(n2)c2c7c(c8c(c62)CCC(C)C8)CCC(C)C7)-c2c6c(c7c(c2-5)CCC(C)C7)CCC(C)C6)c2c5c(c6c(c42)CCC(C)C6)CCC(C)C5)CC(C)CC3)C1.[O]=[V+2]. The Bertz CT molecular complexity index is 3860. The summed E-state index contributed by atoms with van der Waals surface area (Å²) in [6.45, 7) is 19.7. The number of hydrogen-bond acceptors (Lipinski definition) is 7. The molecule has 10 heteroatoms. The minimum absolute atomic E-state index is 0.576. The van der Waals surface area contributed by atoms with Crippen LogP contribution in [0.25, 0.3) is 89.7 Å². The third-order valence-corrected chi connectivity index (χ3v) is 22.8. The molecule has 3 aromatic heterocycles. The van der Waals surface area contributed by atoms with Gasteiger partial charge in [-0.05, 0) is 312 Å². The quantitative estimate of drug-likeness (QED) is 0.146. The molecule has 5 heterocycles. The summed E-state index contributed by atoms with van der Waals surface area (Å²) in [6.07, 6.45) is 26.9. The van der Waals surface area contributed by atoms with Crippen LogP contribution in [0.5, 0.6) is 0 Å². The van der Waals surface area contributed by atoms with Gasteiger partial charge in [0.15, 0.2) is 0 Å². The molecule has 4 aromatic carbocycles. The monoisotopic (exact) mass is 1120 g/mol. The van der Waals surface area contributed by atoms with Gasteiger partial charge in [-0.3, -0.25) is 0 Å². The van der Waals surface area contributed by atoms with Gasteiger partial charge in [0.05, 0.1) is 23.3 Å². The number of benzene rings is 4. The summed E-state index contributed by atoms with van der Waals surface area (Å²) < 4.78 is 8.19. The van der Waals surface area contributed by atoms with Gasteiger partial charge in [0.25, 0.3) is 0 Å². The molecule has 9 nitrogen and oxygen atoms in total. The average molecular weight is 1120 g/mol. The molecule has 419 valence electrons. The van der Waals surface area contributed by atoms with Gasteiger partial charge in [-0.2, -0.15) is 0 Å². The summed E-state index contributed by atoms with van der Waals surface area (Å²) in [5.74, 6) is 8.10. The normalized spacial score (nSPS) is 25.7. The van der Waals surface area contributed by atoms with E-state index in [1.54, 1.807) is 44.5 Å². The zero-order valence-corrected chi connectivity index (χ0v) is 51.4. The Morgan fingerprint density at radius 1 is 0.256 bits per heavy atom. The predicted octanol–water partition coefficient (Wildman–Crippen LogP) is 15.0. The molecule has 0 saturated carbocycles. The van der Waals surface area contributed by atoms with E-state index in [0.717, 1.165) is 166 Å². The van der Waals surface area contributed by atoms with E-state index in [0.29, 0.717) is 47.3 Å². The fraction of sp³-hybridized carbons (Fsp3) is 0.556. The molecule has 0 spiro atoms. The van der Waals surface area contributed by atoms with Crippen molar-refractivity contribution in [1.29, 1.82) is 0 Å². The molecule has 8 unspecified atom stereocenters. The van der Waals surface area contributed by atoms with Crippen molar-refractivity contribution in [2.45, 2.75) is 209 Å². The fourth-order valence-corrected chi connectivity index (χ4v) is 18.7. The fourth-order valence-electron chi connectivity index (χ4n) is 18.7. The molecule has 0 fully saturated rings. The van der Waals surface area contributed by atoms with Gasteiger partial charge >= 0.3 is 21.0 Å². The number of nitrogens with zero attached hydrogens (tertiary/aromatic N) is 8. The van der Waals surface area contributed by atoms with Crippen molar-refractivity contribution < 1.29 is 21.0 Å². The van der Waals surface area contributed by atoms with E-state index in [1.165, 1.54) is 140 Å². The first-order chi connectivity index (χ1) is 39.9. The molecule has 8 aliphatic carbocycles. The van der Waals surface area contributed by atoms with Crippen molar-refractivity contribution in [3.63, 3.8) is 0 Å². The maximum atomic E-state index is 8.19. The van der Waals surface area contributed by atoms with Crippen LogP contribution in [-0.2, 0) is 124 Å². The van der Waals surface area contributed by atoms with Crippen LogP contribution in [0.4, 0.5) is 0 Å². The van der Waals surface area contributed by atoms with Crippen molar-refractivity contribution in [2.75, 3.05) is 0 Å². The van der Waals surface area contributed by atoms with Crippen LogP contribution in [0.1, 0.15) is 196 Å². The van der Waals surface area contributed by atoms with E-state index >= 15 is 0 Å². The second kappa shape index (κ2) is 19.6. The Hall–Kier alpha value is -5.38. The first-order valence-electron chi connectivity index (χ1n) is 32.6. The maximum absolute atomic E-state index is 8.19. The zero-order valence-electron chi connectivity index (χ0n) is 50.0. The minimum atomic E-state index is 0.576. The average Bonchev–Trinajstić information content (AvgIpc) is 3.68. The molecule has 0 radical (unpaired) electrons. The molecule has 8 bridgehead atoms. The Balaban J connectivity index is 0.00000274. The summed E-state index contributed by atoms with van der Waals surface area (Å²) in [5.41, 5.74) is 32.7. The predicted molar refractivity (Wildman–Crippen MR) is 324 cm³/mol. The Kier molecular flexibility index (Phi) is 12.5. The van der Waals surface area contributed by atoms with Gasteiger partial charge in [-0.1, -0.05) is 55.4 Å². The van der Waals surface area contributed by atoms with Gasteiger partial charge in [0, 0.05) is 44.8 Å². The Morgan fingerprint density at radius 3 is 0.768 bits per heavy atom. The second-order valence-corrected chi connectivity index (χ2v) is 28.9. The van der Waals surface area contributed by atoms with E-state index in [9.17, 15) is 0 Å². The molecule has 0 N–H and O–H groups in total. The van der Waals surface area contributed by atoms with Gasteiger partial charge in [-0.15, -0.1) is 0 Å². The molecule has 17 rings (SSSR count). The van der Waals surface area contributed by atoms with Crippen LogP contribution in [-0.4, -0.2) is 29.9 Å². The van der Waals surface area contributed by atoms with Crippen LogP contribution in [0, 0.1) is 47.3 Å². The van der Waals surface area contributed by atoms with Gasteiger partial charge in [-0.25, -0.2) is 9.97 Å². The van der Waals surface area contributed by atoms with Crippen molar-refractivity contribution in [2.24, 2.45) is 47.3 Å². The van der Waals surface area contributed by atoms with Crippen LogP contribution in [0.15, 0.2) is 0 Å². The van der Waals surface area contributed by atoms with Crippen LogP contribution >= 0.6 is 0 Å². The second-order valence-electron chi connectivity index (χ2n) is 28.9. The van der Waals surface area contributed by atoms with E-state index in [-0.39, 0.29) is 0 Å². The van der Waals surface area contributed by atoms with Crippen LogP contribution in [0.3, 0.4) is 0 Å². The van der Waals surface area contributed by atoms with Gasteiger partial charge in [0.2, 0.25) is 0 Å². The van der Waals surface area contributed by atoms with E-state index in [1.807, 2.05) is 0 Å². The van der Waals surface area contributed by atoms with Gasteiger partial charge in [0.1, 0.15) is 0 Å². The molecule has 10 aliphatic rings. The van der Waals surface area contributed by atoms with Crippen molar-refractivity contribution in [3.8, 4) is 45.6 Å². The standard InChI is InChI=1S/C72H80N8.O.V/c1-33-13-21-45-49(25-33)41-17-9-37(5)29-53(41)61-57(45)65-73-69(61)78-66-59-47-23-15-35(3)27-51(47)43-19-11-39(7)31-55(43)63(59)71(75-66)80-68-60-48-24-16-36(4)28-52(48)44-20-12-40(8)32-56(44)64(60)72(76-68)79-67-58-46-22-14-34(2)26-50(46)42-18-10-38(6)30-54(42)62(58)70(74-67)77-65;;/h33-40H,9-32H2,1-8H3;;/q-2;;+2. The molecule has 7 aromatic rings. The third-order valence-electron chi connectivity index (χ3n) is 22.8. The number of hydrogen-bond donors (Lipinski definition) is 0. The Morgan fingerprint density at radius 2 is 0.463 bits per heavy atom. The molecule has 2 aliphatic heterocycles. The van der Waals surface area contributed by atoms with E-state index < -0.39 is 0 Å². The summed E-state index contributed by atoms with van der Waals surface area (Å²) in [6, 6.07) is 0. The third kappa shape index (κ3) is 7.88. The first-order valence-corrected chi connectivity index (χ1v) is 33.1. The Labute approximate surface area is 493 Å². The van der Waals surface area contributed by atoms with Gasteiger partial charge < -0.3 is 29.9 Å². The summed E-state index contributed by atoms with van der Waals surface area (Å²) in [5, 5.41) is 4.95. The molecule has 82 heavy (non-hydrogen) atoms. The number of fused-ring (bicyclic) bond motifs is 40. The molecular weight excluding hydrogens is 1040 g/mol. The molecule has 0 amide bonds. The van der Waals surface area contributed by atoms with Crippen molar-refractivity contribution in [1.82, 2.24) is 39.9 Å². The zero-order chi connectivity index (χ0) is 55.7. The van der Waals surface area contributed by atoms with E-state index in [4.69, 9.17) is 43.5 Å². The number of aromatic nitrogens is 8. The van der Waals surface area contributed by atoms with E-state index in [2.05, 4.69) is 55.4 Å². The van der Waals surface area contributed by atoms with Crippen molar-refractivity contribution in [3.05, 3.63) is 89.0 Å². The summed E-state index contributed by atoms with van der Waals surface area (Å²) in [7, 11) is 0. The first kappa shape index (κ1) is 52.2.